The Morgan fingerprint density at radius 3 is 2.27 bits per heavy atom. The van der Waals surface area contributed by atoms with Crippen molar-refractivity contribution in [2.45, 2.75) is 25.3 Å². The fourth-order valence-electron chi connectivity index (χ4n) is 3.01. The Balaban J connectivity index is 1.73. The molecule has 3 atom stereocenters. The lowest BCUT2D eigenvalue weighted by Gasteiger charge is -2.20. The van der Waals surface area contributed by atoms with E-state index in [0.717, 1.165) is 17.4 Å². The molecule has 1 aromatic rings. The lowest BCUT2D eigenvalue weighted by atomic mass is 9.90. The van der Waals surface area contributed by atoms with Gasteiger partial charge < -0.3 is 5.73 Å². The molecule has 0 aromatic heterocycles. The van der Waals surface area contributed by atoms with Crippen molar-refractivity contribution < 1.29 is 4.39 Å². The zero-order chi connectivity index (χ0) is 10.4. The Hall–Kier alpha value is -0.890. The van der Waals surface area contributed by atoms with Crippen molar-refractivity contribution >= 4 is 0 Å². The minimum Gasteiger partial charge on any atom is -0.324 e. The summed E-state index contributed by atoms with van der Waals surface area (Å²) in [7, 11) is 0. The summed E-state index contributed by atoms with van der Waals surface area (Å²) in [6.45, 7) is 0. The molecule has 2 N–H and O–H groups in total. The van der Waals surface area contributed by atoms with Gasteiger partial charge in [-0.1, -0.05) is 12.1 Å². The van der Waals surface area contributed by atoms with Crippen LogP contribution >= 0.6 is 0 Å². The molecule has 2 aliphatic carbocycles. The highest BCUT2D eigenvalue weighted by atomic mass is 19.1. The Labute approximate surface area is 89.5 Å². The molecule has 1 nitrogen and oxygen atoms in total. The average Bonchev–Trinajstić information content (AvgIpc) is 2.86. The number of benzene rings is 1. The van der Waals surface area contributed by atoms with Gasteiger partial charge in [-0.05, 0) is 54.7 Å². The van der Waals surface area contributed by atoms with Crippen molar-refractivity contribution in [1.82, 2.24) is 0 Å². The largest absolute Gasteiger partial charge is 0.324 e. The van der Waals surface area contributed by atoms with Gasteiger partial charge in [0.15, 0.2) is 0 Å². The third-order valence-electron chi connectivity index (χ3n) is 4.04. The monoisotopic (exact) mass is 205 g/mol. The zero-order valence-corrected chi connectivity index (χ0v) is 8.70. The second-order valence-corrected chi connectivity index (χ2v) is 5.06. The highest BCUT2D eigenvalue weighted by Gasteiger charge is 2.47. The zero-order valence-electron chi connectivity index (χ0n) is 8.70. The van der Waals surface area contributed by atoms with Crippen molar-refractivity contribution in [2.75, 3.05) is 0 Å². The highest BCUT2D eigenvalue weighted by Crippen LogP contribution is 2.56. The number of halogens is 1. The molecule has 0 spiro atoms. The van der Waals surface area contributed by atoms with E-state index < -0.39 is 0 Å². The number of fused-ring (bicyclic) bond motifs is 1. The summed E-state index contributed by atoms with van der Waals surface area (Å²) in [4.78, 5) is 0. The average molecular weight is 205 g/mol. The van der Waals surface area contributed by atoms with Gasteiger partial charge in [-0.2, -0.15) is 0 Å². The molecule has 2 saturated carbocycles. The maximum Gasteiger partial charge on any atom is 0.123 e. The molecule has 0 aliphatic heterocycles. The first-order valence-corrected chi connectivity index (χ1v) is 5.75. The van der Waals surface area contributed by atoms with Gasteiger partial charge in [-0.3, -0.25) is 0 Å². The van der Waals surface area contributed by atoms with Crippen molar-refractivity contribution in [3.05, 3.63) is 35.6 Å². The molecule has 15 heavy (non-hydrogen) atoms. The van der Waals surface area contributed by atoms with Crippen LogP contribution < -0.4 is 5.73 Å². The predicted octanol–water partition coefficient (Wildman–Crippen LogP) is 2.87. The highest BCUT2D eigenvalue weighted by molar-refractivity contribution is 5.21. The van der Waals surface area contributed by atoms with Crippen LogP contribution in [0.25, 0.3) is 0 Å². The van der Waals surface area contributed by atoms with E-state index in [2.05, 4.69) is 0 Å². The van der Waals surface area contributed by atoms with Gasteiger partial charge in [0.2, 0.25) is 0 Å². The first-order chi connectivity index (χ1) is 7.24. The Morgan fingerprint density at radius 1 is 1.07 bits per heavy atom. The van der Waals surface area contributed by atoms with E-state index in [1.54, 1.807) is 0 Å². The van der Waals surface area contributed by atoms with E-state index in [4.69, 9.17) is 5.73 Å². The summed E-state index contributed by atoms with van der Waals surface area (Å²) in [5.41, 5.74) is 7.30. The molecule has 0 bridgehead atoms. The number of nitrogens with two attached hydrogens (primary N) is 1. The molecule has 0 saturated heterocycles. The fourth-order valence-corrected chi connectivity index (χ4v) is 3.01. The van der Waals surface area contributed by atoms with Crippen molar-refractivity contribution in [2.24, 2.45) is 23.5 Å². The molecule has 3 rings (SSSR count). The first-order valence-electron chi connectivity index (χ1n) is 5.75. The van der Waals surface area contributed by atoms with Crippen LogP contribution in [-0.4, -0.2) is 0 Å². The molecule has 0 radical (unpaired) electrons. The molecule has 2 aliphatic rings. The quantitative estimate of drug-likeness (QED) is 0.789. The summed E-state index contributed by atoms with van der Waals surface area (Å²) in [6, 6.07) is 6.77. The molecule has 0 heterocycles. The molecule has 1 aromatic carbocycles. The van der Waals surface area contributed by atoms with Crippen LogP contribution in [0.4, 0.5) is 4.39 Å². The lowest BCUT2D eigenvalue weighted by molar-refractivity contribution is 0.404. The third kappa shape index (κ3) is 1.67. The summed E-state index contributed by atoms with van der Waals surface area (Å²) in [5, 5.41) is 0. The second kappa shape index (κ2) is 3.31. The van der Waals surface area contributed by atoms with E-state index in [1.165, 1.54) is 31.4 Å². The minimum atomic E-state index is -0.180. The number of hydrogen-bond donors (Lipinski definition) is 1. The van der Waals surface area contributed by atoms with Gasteiger partial charge in [0.1, 0.15) is 5.82 Å². The minimum absolute atomic E-state index is 0.110. The van der Waals surface area contributed by atoms with Gasteiger partial charge in [0.05, 0.1) is 0 Å². The van der Waals surface area contributed by atoms with Gasteiger partial charge >= 0.3 is 0 Å². The SMILES string of the molecule is NC(c1ccc(F)cc1)C1CC2CC2C1. The maximum atomic E-state index is 12.8. The van der Waals surface area contributed by atoms with Crippen molar-refractivity contribution in [1.29, 1.82) is 0 Å². The van der Waals surface area contributed by atoms with Gasteiger partial charge in [0.25, 0.3) is 0 Å². The predicted molar refractivity (Wildman–Crippen MR) is 57.6 cm³/mol. The Bertz CT molecular complexity index is 349. The van der Waals surface area contributed by atoms with Crippen LogP contribution in [0.2, 0.25) is 0 Å². The molecular weight excluding hydrogens is 189 g/mol. The molecule has 3 unspecified atom stereocenters. The molecule has 0 amide bonds. The second-order valence-electron chi connectivity index (χ2n) is 5.06. The summed E-state index contributed by atoms with van der Waals surface area (Å²) in [6.07, 6.45) is 3.99. The lowest BCUT2D eigenvalue weighted by Crippen LogP contribution is -2.20. The standard InChI is InChI=1S/C13H16FN/c14-12-3-1-8(2-4-12)13(15)11-6-9-5-10(9)7-11/h1-4,9-11,13H,5-7,15H2. The normalized spacial score (nSPS) is 34.9. The van der Waals surface area contributed by atoms with Crippen LogP contribution in [0.5, 0.6) is 0 Å². The molecular formula is C13H16FN. The van der Waals surface area contributed by atoms with Crippen LogP contribution in [0.1, 0.15) is 30.9 Å². The van der Waals surface area contributed by atoms with Crippen LogP contribution in [0, 0.1) is 23.6 Å². The molecule has 80 valence electrons. The fraction of sp³-hybridized carbons (Fsp3) is 0.538. The van der Waals surface area contributed by atoms with E-state index >= 15 is 0 Å². The summed E-state index contributed by atoms with van der Waals surface area (Å²) >= 11 is 0. The Morgan fingerprint density at radius 2 is 1.67 bits per heavy atom. The van der Waals surface area contributed by atoms with Gasteiger partial charge in [-0.15, -0.1) is 0 Å². The van der Waals surface area contributed by atoms with Crippen molar-refractivity contribution in [3.63, 3.8) is 0 Å². The van der Waals surface area contributed by atoms with Gasteiger partial charge in [0, 0.05) is 6.04 Å². The Kier molecular flexibility index (Phi) is 2.06. The topological polar surface area (TPSA) is 26.0 Å². The number of rotatable bonds is 2. The first kappa shape index (κ1) is 9.34. The van der Waals surface area contributed by atoms with E-state index in [9.17, 15) is 4.39 Å². The number of hydrogen-bond acceptors (Lipinski definition) is 1. The maximum absolute atomic E-state index is 12.8. The molecule has 2 fully saturated rings. The molecule has 2 heteroatoms. The third-order valence-corrected chi connectivity index (χ3v) is 4.04. The van der Waals surface area contributed by atoms with Gasteiger partial charge in [-0.25, -0.2) is 4.39 Å². The van der Waals surface area contributed by atoms with Crippen LogP contribution in [0.3, 0.4) is 0 Å². The van der Waals surface area contributed by atoms with Crippen molar-refractivity contribution in [3.8, 4) is 0 Å². The smallest absolute Gasteiger partial charge is 0.123 e. The van der Waals surface area contributed by atoms with Crippen LogP contribution in [-0.2, 0) is 0 Å². The summed E-state index contributed by atoms with van der Waals surface area (Å²) < 4.78 is 12.8. The van der Waals surface area contributed by atoms with Crippen LogP contribution in [0.15, 0.2) is 24.3 Å². The van der Waals surface area contributed by atoms with E-state index in [1.807, 2.05) is 12.1 Å². The summed E-state index contributed by atoms with van der Waals surface area (Å²) in [5.74, 6) is 2.36. The van der Waals surface area contributed by atoms with E-state index in [-0.39, 0.29) is 11.9 Å². The van der Waals surface area contributed by atoms with E-state index in [0.29, 0.717) is 5.92 Å².